The Labute approximate surface area is 71.8 Å². The quantitative estimate of drug-likeness (QED) is 0.677. The van der Waals surface area contributed by atoms with E-state index in [9.17, 15) is 0 Å². The molecule has 1 aliphatic carbocycles. The summed E-state index contributed by atoms with van der Waals surface area (Å²) < 4.78 is 1.82. The topological polar surface area (TPSA) is 56.7 Å². The van der Waals surface area contributed by atoms with Gasteiger partial charge in [0.15, 0.2) is 0 Å². The van der Waals surface area contributed by atoms with Gasteiger partial charge in [0.1, 0.15) is 12.2 Å². The predicted octanol–water partition coefficient (Wildman–Crippen LogP) is 0.0949. The molecule has 66 valence electrons. The van der Waals surface area contributed by atoms with Crippen LogP contribution in [0.25, 0.3) is 0 Å². The van der Waals surface area contributed by atoms with Crippen LogP contribution in [0.5, 0.6) is 0 Å². The van der Waals surface area contributed by atoms with Crippen LogP contribution in [0.2, 0.25) is 0 Å². The maximum atomic E-state index is 5.83. The first-order chi connectivity index (χ1) is 5.77. The molecule has 12 heavy (non-hydrogen) atoms. The maximum absolute atomic E-state index is 5.83. The fourth-order valence-electron chi connectivity index (χ4n) is 1.59. The minimum absolute atomic E-state index is 0.390. The summed E-state index contributed by atoms with van der Waals surface area (Å²) in [5, 5.41) is 4.02. The van der Waals surface area contributed by atoms with E-state index in [0.29, 0.717) is 12.0 Å². The third kappa shape index (κ3) is 1.22. The molecule has 2 unspecified atom stereocenters. The lowest BCUT2D eigenvalue weighted by Gasteiger charge is -2.32. The lowest BCUT2D eigenvalue weighted by molar-refractivity contribution is 0.250. The summed E-state index contributed by atoms with van der Waals surface area (Å²) in [5.41, 5.74) is 5.83. The van der Waals surface area contributed by atoms with Crippen molar-refractivity contribution in [1.82, 2.24) is 14.8 Å². The minimum Gasteiger partial charge on any atom is -0.327 e. The Balaban J connectivity index is 1.99. The number of nitrogens with zero attached hydrogens (tertiary/aromatic N) is 3. The van der Waals surface area contributed by atoms with Crippen molar-refractivity contribution in [3.05, 3.63) is 12.2 Å². The molecule has 1 saturated carbocycles. The summed E-state index contributed by atoms with van der Waals surface area (Å²) in [5.74, 6) is 1.68. The van der Waals surface area contributed by atoms with Gasteiger partial charge in [-0.2, -0.15) is 5.10 Å². The molecular weight excluding hydrogens is 152 g/mol. The molecule has 2 atom stereocenters. The Hall–Kier alpha value is -0.900. The Kier molecular flexibility index (Phi) is 1.84. The number of hydrogen-bond donors (Lipinski definition) is 1. The molecule has 2 N–H and O–H groups in total. The Morgan fingerprint density at radius 2 is 2.50 bits per heavy atom. The van der Waals surface area contributed by atoms with E-state index in [1.54, 1.807) is 6.33 Å². The van der Waals surface area contributed by atoms with Gasteiger partial charge < -0.3 is 5.73 Å². The molecule has 4 nitrogen and oxygen atoms in total. The lowest BCUT2D eigenvalue weighted by atomic mass is 9.78. The van der Waals surface area contributed by atoms with Gasteiger partial charge in [0.05, 0.1) is 0 Å². The van der Waals surface area contributed by atoms with Crippen LogP contribution in [-0.2, 0) is 13.5 Å². The largest absolute Gasteiger partial charge is 0.327 e. The molecule has 1 aliphatic rings. The Bertz CT molecular complexity index is 268. The second-order valence-electron chi connectivity index (χ2n) is 3.51. The molecule has 0 amide bonds. The monoisotopic (exact) mass is 166 g/mol. The van der Waals surface area contributed by atoms with E-state index in [1.165, 1.54) is 12.8 Å². The van der Waals surface area contributed by atoms with E-state index in [-0.39, 0.29) is 0 Å². The molecule has 0 radical (unpaired) electrons. The van der Waals surface area contributed by atoms with E-state index < -0.39 is 0 Å². The van der Waals surface area contributed by atoms with Crippen LogP contribution in [0, 0.1) is 5.92 Å². The van der Waals surface area contributed by atoms with Gasteiger partial charge in [0, 0.05) is 19.5 Å². The van der Waals surface area contributed by atoms with E-state index in [1.807, 2.05) is 11.7 Å². The van der Waals surface area contributed by atoms with Crippen molar-refractivity contribution in [2.45, 2.75) is 25.3 Å². The van der Waals surface area contributed by atoms with Crippen molar-refractivity contribution < 1.29 is 0 Å². The molecule has 0 aliphatic heterocycles. The number of rotatable bonds is 2. The van der Waals surface area contributed by atoms with Crippen LogP contribution in [-0.4, -0.2) is 20.8 Å². The number of hydrogen-bond acceptors (Lipinski definition) is 3. The summed E-state index contributed by atoms with van der Waals surface area (Å²) in [7, 11) is 1.92. The van der Waals surface area contributed by atoms with Crippen molar-refractivity contribution in [3.8, 4) is 0 Å². The van der Waals surface area contributed by atoms with Gasteiger partial charge in [-0.05, 0) is 18.8 Å². The van der Waals surface area contributed by atoms with Crippen LogP contribution in [0.1, 0.15) is 18.7 Å². The highest BCUT2D eigenvalue weighted by Gasteiger charge is 2.28. The minimum atomic E-state index is 0.390. The fourth-order valence-corrected chi connectivity index (χ4v) is 1.59. The zero-order valence-electron chi connectivity index (χ0n) is 7.27. The van der Waals surface area contributed by atoms with E-state index in [4.69, 9.17) is 5.73 Å². The highest BCUT2D eigenvalue weighted by molar-refractivity contribution is 4.94. The second kappa shape index (κ2) is 2.86. The van der Waals surface area contributed by atoms with Gasteiger partial charge in [0.2, 0.25) is 0 Å². The van der Waals surface area contributed by atoms with E-state index in [0.717, 1.165) is 12.2 Å². The average Bonchev–Trinajstić information content (AvgIpc) is 2.44. The van der Waals surface area contributed by atoms with Gasteiger partial charge in [-0.3, -0.25) is 4.68 Å². The van der Waals surface area contributed by atoms with E-state index >= 15 is 0 Å². The normalized spacial score (nSPS) is 28.5. The summed E-state index contributed by atoms with van der Waals surface area (Å²) >= 11 is 0. The Morgan fingerprint density at radius 3 is 2.92 bits per heavy atom. The Morgan fingerprint density at radius 1 is 1.67 bits per heavy atom. The molecule has 0 saturated heterocycles. The van der Waals surface area contributed by atoms with Crippen molar-refractivity contribution in [2.75, 3.05) is 0 Å². The summed E-state index contributed by atoms with van der Waals surface area (Å²) in [4.78, 5) is 4.17. The molecule has 1 heterocycles. The van der Waals surface area contributed by atoms with Gasteiger partial charge in [-0.15, -0.1) is 0 Å². The first-order valence-corrected chi connectivity index (χ1v) is 4.36. The third-order valence-electron chi connectivity index (χ3n) is 2.73. The average molecular weight is 166 g/mol. The fraction of sp³-hybridized carbons (Fsp3) is 0.750. The van der Waals surface area contributed by atoms with Crippen LogP contribution < -0.4 is 5.73 Å². The third-order valence-corrected chi connectivity index (χ3v) is 2.73. The van der Waals surface area contributed by atoms with Crippen molar-refractivity contribution in [3.63, 3.8) is 0 Å². The SMILES string of the molecule is Cn1ncnc1CC1CCC1N. The molecule has 0 bridgehead atoms. The van der Waals surface area contributed by atoms with Gasteiger partial charge in [0.25, 0.3) is 0 Å². The smallest absolute Gasteiger partial charge is 0.138 e. The zero-order chi connectivity index (χ0) is 8.55. The van der Waals surface area contributed by atoms with Gasteiger partial charge in [-0.1, -0.05) is 0 Å². The van der Waals surface area contributed by atoms with Crippen molar-refractivity contribution in [1.29, 1.82) is 0 Å². The lowest BCUT2D eigenvalue weighted by Crippen LogP contribution is -2.40. The van der Waals surface area contributed by atoms with Gasteiger partial charge in [-0.25, -0.2) is 4.98 Å². The first kappa shape index (κ1) is 7.73. The maximum Gasteiger partial charge on any atom is 0.138 e. The van der Waals surface area contributed by atoms with Crippen LogP contribution in [0.4, 0.5) is 0 Å². The molecule has 1 fully saturated rings. The van der Waals surface area contributed by atoms with Crippen molar-refractivity contribution in [2.24, 2.45) is 18.7 Å². The van der Waals surface area contributed by atoms with Crippen LogP contribution in [0.3, 0.4) is 0 Å². The molecule has 0 spiro atoms. The number of aromatic nitrogens is 3. The van der Waals surface area contributed by atoms with Crippen molar-refractivity contribution >= 4 is 0 Å². The molecule has 2 rings (SSSR count). The molecule has 1 aromatic rings. The number of aryl methyl sites for hydroxylation is 1. The first-order valence-electron chi connectivity index (χ1n) is 4.36. The summed E-state index contributed by atoms with van der Waals surface area (Å²) in [6, 6.07) is 0.390. The molecular formula is C8H14N4. The number of nitrogens with two attached hydrogens (primary N) is 1. The summed E-state index contributed by atoms with van der Waals surface area (Å²) in [6.45, 7) is 0. The highest BCUT2D eigenvalue weighted by Crippen LogP contribution is 2.27. The molecule has 1 aromatic heterocycles. The predicted molar refractivity (Wildman–Crippen MR) is 45.4 cm³/mol. The zero-order valence-corrected chi connectivity index (χ0v) is 7.27. The van der Waals surface area contributed by atoms with Crippen LogP contribution in [0.15, 0.2) is 6.33 Å². The standard InChI is InChI=1S/C8H14N4/c1-12-8(10-5-11-12)4-6-2-3-7(6)9/h5-7H,2-4,9H2,1H3. The highest BCUT2D eigenvalue weighted by atomic mass is 15.3. The molecule has 0 aromatic carbocycles. The van der Waals surface area contributed by atoms with Crippen LogP contribution >= 0.6 is 0 Å². The molecule has 4 heteroatoms. The van der Waals surface area contributed by atoms with Gasteiger partial charge >= 0.3 is 0 Å². The van der Waals surface area contributed by atoms with E-state index in [2.05, 4.69) is 10.1 Å². The second-order valence-corrected chi connectivity index (χ2v) is 3.51. The summed E-state index contributed by atoms with van der Waals surface area (Å²) in [6.07, 6.45) is 4.99.